The van der Waals surface area contributed by atoms with E-state index in [1.807, 2.05) is 0 Å². The predicted molar refractivity (Wildman–Crippen MR) is 452 cm³/mol. The molecular formula is C82H137N5O60. The Balaban J connectivity index is 0.921. The van der Waals surface area contributed by atoms with Crippen molar-refractivity contribution in [2.75, 3.05) is 72.7 Å². The largest absolute Gasteiger partial charge is 0.394 e. The molecule has 0 aromatic carbocycles. The highest BCUT2D eigenvalue weighted by Gasteiger charge is 2.64. The van der Waals surface area contributed by atoms with E-state index in [2.05, 4.69) is 26.6 Å². The number of hydrogen-bond donors (Lipinski definition) is 37. The molecule has 850 valence electrons. The molecule has 0 bridgehead atoms. The molecule has 12 rings (SSSR count). The van der Waals surface area contributed by atoms with Gasteiger partial charge in [-0.15, -0.1) is 0 Å². The third kappa shape index (κ3) is 26.8. The van der Waals surface area contributed by atoms with E-state index in [1.54, 1.807) is 0 Å². The average molecular weight is 2150 g/mol. The summed E-state index contributed by atoms with van der Waals surface area (Å²) >= 11 is 0. The molecule has 0 aliphatic carbocycles. The summed E-state index contributed by atoms with van der Waals surface area (Å²) in [5.74, 6) is -5.03. The van der Waals surface area contributed by atoms with Gasteiger partial charge in [0.25, 0.3) is 0 Å². The number of hydrogen-bond acceptors (Lipinski definition) is 60. The Morgan fingerprint density at radius 3 is 0.762 bits per heavy atom. The van der Waals surface area contributed by atoms with Crippen molar-refractivity contribution in [3.63, 3.8) is 0 Å². The minimum absolute atomic E-state index is 0.873. The van der Waals surface area contributed by atoms with Crippen molar-refractivity contribution >= 4 is 29.5 Å². The molecule has 0 spiro atoms. The maximum atomic E-state index is 13.5. The van der Waals surface area contributed by atoms with Crippen molar-refractivity contribution in [3.05, 3.63) is 0 Å². The lowest BCUT2D eigenvalue weighted by molar-refractivity contribution is -0.401. The Labute approximate surface area is 832 Å². The number of amides is 5. The molecule has 12 aliphatic heterocycles. The van der Waals surface area contributed by atoms with Crippen LogP contribution in [0.1, 0.15) is 41.5 Å². The zero-order valence-corrected chi connectivity index (χ0v) is 79.2. The summed E-state index contributed by atoms with van der Waals surface area (Å²) in [6.07, 6.45) is -119. The Morgan fingerprint density at radius 1 is 0.190 bits per heavy atom. The third-order valence-corrected chi connectivity index (χ3v) is 27.0. The zero-order chi connectivity index (χ0) is 108. The average Bonchev–Trinajstić information content (AvgIpc) is 0.757. The zero-order valence-electron chi connectivity index (χ0n) is 79.2. The summed E-state index contributed by atoms with van der Waals surface area (Å²) in [6, 6.07) is -10.1. The Bertz CT molecular complexity index is 4110. The van der Waals surface area contributed by atoms with Gasteiger partial charge in [-0.25, -0.2) is 0 Å². The van der Waals surface area contributed by atoms with Crippen molar-refractivity contribution in [3.8, 4) is 0 Å². The van der Waals surface area contributed by atoms with E-state index in [0.717, 1.165) is 34.6 Å². The van der Waals surface area contributed by atoms with Crippen LogP contribution in [0, 0.1) is 0 Å². The SMILES string of the molecule is CC(=O)N[C@@H]1[C@@H](O)[C@H](O[C@@H]2O[C@H](CO)[C@@H](O[C@@H]3O[C@H](CO[C@H]4O[C@H](CO)[C@@H](O[C@@H]5O[C@H](CO)[C@@H](O[C@@H]6O[C@H](CO)[C@H](O)[C@H](O)[C@H]6O)[C@H](O)[C@H]5NC(C)=O)[C@H](O)[C@@H]4O[C@@H]4O[C@H](CO)[C@@H](O[C@@H]5O[C@H](CO)[C@H](O)[C@H](O)[C@H]5O)[C@H](O)[C@H]4NC(C)=O)[C@@H](O)[C@H](O[C@H]4O[C@H](CO)[C@@H](O)[C@H](O)[C@@H]4O[C@@H]4O[C@H](CO)[C@@H](O[C@@H]5O[C@H](CO)[C@H](O)[C@H](O)[C@H]5O)[C@H](O)[C@H]4NC(C)=O)[C@@H]3O)[C@H](O)[C@H]2NC(C)=O)[C@@H](CO[C@@H]2O[C@@H](C)[C@@H](O)[C@@H](O)[C@@H]2O)O[C@H]1O. The molecule has 5 amide bonds. The molecule has 12 fully saturated rings. The fourth-order valence-electron chi connectivity index (χ4n) is 19.2. The Morgan fingerprint density at radius 2 is 0.422 bits per heavy atom. The van der Waals surface area contributed by atoms with E-state index in [0.29, 0.717) is 0 Å². The highest BCUT2D eigenvalue weighted by atomic mass is 16.8. The minimum Gasteiger partial charge on any atom is -0.394 e. The standard InChI is InChI=1S/C82H137N5O60/c1-18-40(102)51(113)56(118)76(127-18)125-17-34-67(46(108)35(71(124)128-34)83-19(2)97)140-73-37(85-21(4)99)48(110)65(31(14-95)134-73)144-80-61(123)68(145-82-69(55(117)44(106)27(10-91)132-82)146-74-38(86-22(5)100)49(111)63(29(12-93)135-74)142-78-58(120)53(115)42(104)25(8-89)130-78)45(107)33(138-80)16-126-81-70(147-75-39(87-23(6)101)50(112)64(30(13-94)136-75)143-79-59(121)54(116)43(105)26(9-90)131-79)60(122)66(32(15-96)137-81)139-72-36(84-20(3)98)47(109)62(28(11-92)133-72)141-77-57(119)52(114)41(103)24(7-88)129-77/h18,24-82,88-96,102-124H,7-17H2,1-6H3,(H,83,97)(H,84,98)(H,85,99)(H,86,100)(H,87,101)/t18-,24+,25+,26+,27+,28+,29+,30+,31+,32+,33+,34+,35+,36+,37+,38+,39+,40+,41-,42-,43-,44+,45+,46+,47+,48+,49+,50+,51+,52-,53-,54-,55-,56-,57+,58+,59+,60-,61-,62+,63+,64+,65+,66+,67+,68-,69-,70-,71+,72-,73-,74-,75-,76+,77-,78-,79-,80-,81-,82+/m0/s1. The van der Waals surface area contributed by atoms with Crippen LogP contribution >= 0.6 is 0 Å². The maximum Gasteiger partial charge on any atom is 0.217 e. The van der Waals surface area contributed by atoms with Gasteiger partial charge in [-0.2, -0.15) is 0 Å². The number of nitrogens with one attached hydrogen (secondary N) is 5. The first-order valence-electron chi connectivity index (χ1n) is 47.0. The van der Waals surface area contributed by atoms with Gasteiger partial charge in [0, 0.05) is 34.6 Å². The molecule has 0 radical (unpaired) electrons. The van der Waals surface area contributed by atoms with Gasteiger partial charge in [-0.3, -0.25) is 24.0 Å². The monoisotopic (exact) mass is 2150 g/mol. The van der Waals surface area contributed by atoms with E-state index in [-0.39, 0.29) is 0 Å². The van der Waals surface area contributed by atoms with Crippen molar-refractivity contribution in [2.45, 2.75) is 410 Å². The van der Waals surface area contributed by atoms with Crippen molar-refractivity contribution < 1.29 is 296 Å². The molecule has 147 heavy (non-hydrogen) atoms. The lowest BCUT2D eigenvalue weighted by Crippen LogP contribution is -2.71. The Hall–Kier alpha value is -4.85. The second-order valence-corrected chi connectivity index (χ2v) is 37.3. The third-order valence-electron chi connectivity index (χ3n) is 27.0. The fraction of sp³-hybridized carbons (Fsp3) is 0.939. The molecule has 60 atom stereocenters. The minimum atomic E-state index is -2.75. The molecular weight excluding hydrogens is 2010 g/mol. The summed E-state index contributed by atoms with van der Waals surface area (Å²) in [7, 11) is 0. The quantitative estimate of drug-likeness (QED) is 0.0273. The first kappa shape index (κ1) is 121. The first-order chi connectivity index (χ1) is 69.5. The number of aliphatic hydroxyl groups is 32. The lowest BCUT2D eigenvalue weighted by Gasteiger charge is -2.51. The second-order valence-electron chi connectivity index (χ2n) is 37.3. The highest BCUT2D eigenvalue weighted by molar-refractivity contribution is 5.75. The van der Waals surface area contributed by atoms with Crippen LogP contribution in [0.4, 0.5) is 0 Å². The summed E-state index contributed by atoms with van der Waals surface area (Å²) < 4.78 is 139. The van der Waals surface area contributed by atoms with Gasteiger partial charge >= 0.3 is 0 Å². The van der Waals surface area contributed by atoms with Gasteiger partial charge in [0.1, 0.15) is 287 Å². The molecule has 0 aromatic rings. The molecule has 0 unspecified atom stereocenters. The molecule has 12 saturated heterocycles. The Kier molecular flexibility index (Phi) is 43.4. The molecule has 0 saturated carbocycles. The van der Waals surface area contributed by atoms with Crippen LogP contribution in [-0.2, 0) is 133 Å². The highest BCUT2D eigenvalue weighted by Crippen LogP contribution is 2.43. The first-order valence-corrected chi connectivity index (χ1v) is 47.0. The number of carbonyl (C=O) groups is 5. The van der Waals surface area contributed by atoms with Gasteiger partial charge < -0.3 is 299 Å². The predicted octanol–water partition coefficient (Wildman–Crippen LogP) is -25.4. The summed E-state index contributed by atoms with van der Waals surface area (Å²) in [4.78, 5) is 65.9. The van der Waals surface area contributed by atoms with Gasteiger partial charge in [0.05, 0.1) is 78.8 Å². The molecule has 12 aliphatic rings. The van der Waals surface area contributed by atoms with E-state index in [9.17, 15) is 187 Å². The van der Waals surface area contributed by atoms with Gasteiger partial charge in [0.2, 0.25) is 29.5 Å². The normalized spacial score (nSPS) is 49.6. The van der Waals surface area contributed by atoms with Gasteiger partial charge in [-0.05, 0) is 6.92 Å². The summed E-state index contributed by atoms with van der Waals surface area (Å²) in [5.41, 5.74) is 0. The topological polar surface area (TPSA) is 1010 Å². The number of aliphatic hydroxyl groups excluding tert-OH is 32. The van der Waals surface area contributed by atoms with E-state index < -0.39 is 470 Å². The van der Waals surface area contributed by atoms with Crippen LogP contribution < -0.4 is 26.6 Å². The van der Waals surface area contributed by atoms with Crippen LogP contribution in [0.5, 0.6) is 0 Å². The maximum absolute atomic E-state index is 13.5. The van der Waals surface area contributed by atoms with Crippen LogP contribution in [-0.4, -0.2) is 634 Å². The number of ether oxygens (including phenoxy) is 23. The molecule has 0 aromatic heterocycles. The smallest absolute Gasteiger partial charge is 0.217 e. The van der Waals surface area contributed by atoms with Crippen molar-refractivity contribution in [1.82, 2.24) is 26.6 Å². The second kappa shape index (κ2) is 52.8. The summed E-state index contributed by atoms with van der Waals surface area (Å²) in [6.45, 7) is -7.26. The fourth-order valence-corrected chi connectivity index (χ4v) is 19.2. The van der Waals surface area contributed by atoms with E-state index >= 15 is 0 Å². The van der Waals surface area contributed by atoms with Crippen LogP contribution in [0.3, 0.4) is 0 Å². The molecule has 65 nitrogen and oxygen atoms in total. The van der Waals surface area contributed by atoms with Crippen LogP contribution in [0.25, 0.3) is 0 Å². The van der Waals surface area contributed by atoms with Crippen LogP contribution in [0.15, 0.2) is 0 Å². The van der Waals surface area contributed by atoms with E-state index in [4.69, 9.17) is 109 Å². The number of carbonyl (C=O) groups excluding carboxylic acids is 5. The molecule has 37 N–H and O–H groups in total. The lowest BCUT2D eigenvalue weighted by atomic mass is 9.93. The molecule has 12 heterocycles. The van der Waals surface area contributed by atoms with Crippen LogP contribution in [0.2, 0.25) is 0 Å². The number of rotatable bonds is 38. The van der Waals surface area contributed by atoms with E-state index in [1.165, 1.54) is 6.92 Å². The summed E-state index contributed by atoms with van der Waals surface area (Å²) in [5, 5.41) is 374. The van der Waals surface area contributed by atoms with Crippen molar-refractivity contribution in [2.24, 2.45) is 0 Å². The molecule has 65 heteroatoms. The van der Waals surface area contributed by atoms with Gasteiger partial charge in [0.15, 0.2) is 75.5 Å². The van der Waals surface area contributed by atoms with Gasteiger partial charge in [-0.1, -0.05) is 0 Å². The van der Waals surface area contributed by atoms with Crippen molar-refractivity contribution in [1.29, 1.82) is 0 Å².